The van der Waals surface area contributed by atoms with Gasteiger partial charge in [0.2, 0.25) is 0 Å². The fraction of sp³-hybridized carbons (Fsp3) is 0.323. The molecule has 0 spiro atoms. The summed E-state index contributed by atoms with van der Waals surface area (Å²) in [5.41, 5.74) is 4.05. The van der Waals surface area contributed by atoms with Crippen LogP contribution in [0.5, 0.6) is 0 Å². The summed E-state index contributed by atoms with van der Waals surface area (Å²) in [6.07, 6.45) is 1.87. The zero-order valence-electron chi connectivity index (χ0n) is 22.0. The van der Waals surface area contributed by atoms with Crippen molar-refractivity contribution in [3.05, 3.63) is 107 Å². The third kappa shape index (κ3) is 6.00. The summed E-state index contributed by atoms with van der Waals surface area (Å²) in [6, 6.07) is 27.1. The Bertz CT molecular complexity index is 1180. The standard InChI is InChI=1S/C27H26ClN3O.2C2H6/c1-19-18-30(26(20-8-4-2-5-9-20)21-10-6-3-7-11-21)14-15-31(19)27(32)23-16-22-12-13-29-25(22)17-24(23)28;2*1-2/h2-13,16-17,19,26,29H,14-15,18H2,1H3;2*1-2H3. The lowest BCUT2D eigenvalue weighted by Crippen LogP contribution is -2.54. The maximum absolute atomic E-state index is 13.4. The molecular formula is C31H38ClN3O. The number of nitrogens with zero attached hydrogens (tertiary/aromatic N) is 2. The number of aromatic nitrogens is 1. The average Bonchev–Trinajstić information content (AvgIpc) is 3.39. The number of piperazine rings is 1. The van der Waals surface area contributed by atoms with Crippen LogP contribution in [0.25, 0.3) is 10.9 Å². The molecular weight excluding hydrogens is 466 g/mol. The highest BCUT2D eigenvalue weighted by atomic mass is 35.5. The van der Waals surface area contributed by atoms with Gasteiger partial charge in [0.05, 0.1) is 16.6 Å². The Morgan fingerprint density at radius 2 is 1.47 bits per heavy atom. The number of H-pyrrole nitrogens is 1. The number of aromatic amines is 1. The van der Waals surface area contributed by atoms with Crippen LogP contribution in [0.3, 0.4) is 0 Å². The Labute approximate surface area is 220 Å². The number of halogens is 1. The van der Waals surface area contributed by atoms with Crippen LogP contribution in [-0.4, -0.2) is 46.4 Å². The molecule has 2 heterocycles. The summed E-state index contributed by atoms with van der Waals surface area (Å²) >= 11 is 6.48. The van der Waals surface area contributed by atoms with E-state index in [4.69, 9.17) is 11.6 Å². The molecule has 1 aliphatic heterocycles. The van der Waals surface area contributed by atoms with E-state index in [-0.39, 0.29) is 18.0 Å². The van der Waals surface area contributed by atoms with Gasteiger partial charge in [-0.1, -0.05) is 100.0 Å². The minimum absolute atomic E-state index is 0.00113. The Morgan fingerprint density at radius 1 is 0.889 bits per heavy atom. The van der Waals surface area contributed by atoms with Crippen molar-refractivity contribution in [3.63, 3.8) is 0 Å². The van der Waals surface area contributed by atoms with E-state index in [1.165, 1.54) is 11.1 Å². The lowest BCUT2D eigenvalue weighted by atomic mass is 9.95. The van der Waals surface area contributed by atoms with Crippen molar-refractivity contribution in [1.82, 2.24) is 14.8 Å². The van der Waals surface area contributed by atoms with Crippen LogP contribution in [0.15, 0.2) is 85.1 Å². The van der Waals surface area contributed by atoms with Gasteiger partial charge in [0.25, 0.3) is 5.91 Å². The molecule has 1 atom stereocenters. The normalized spacial score (nSPS) is 15.6. The molecule has 1 fully saturated rings. The average molecular weight is 504 g/mol. The van der Waals surface area contributed by atoms with Crippen molar-refractivity contribution in [3.8, 4) is 0 Å². The second-order valence-corrected chi connectivity index (χ2v) is 8.87. The number of benzene rings is 3. The minimum Gasteiger partial charge on any atom is -0.361 e. The van der Waals surface area contributed by atoms with Crippen LogP contribution >= 0.6 is 11.6 Å². The summed E-state index contributed by atoms with van der Waals surface area (Å²) in [7, 11) is 0. The van der Waals surface area contributed by atoms with Crippen molar-refractivity contribution in [2.75, 3.05) is 19.6 Å². The second-order valence-electron chi connectivity index (χ2n) is 8.46. The predicted octanol–water partition coefficient (Wildman–Crippen LogP) is 7.81. The molecule has 3 aromatic carbocycles. The van der Waals surface area contributed by atoms with Gasteiger partial charge in [-0.25, -0.2) is 0 Å². The SMILES string of the molecule is CC.CC.CC1CN(C(c2ccccc2)c2ccccc2)CCN1C(=O)c1cc2cc[nH]c2cc1Cl. The van der Waals surface area contributed by atoms with E-state index in [1.807, 2.05) is 57.0 Å². The van der Waals surface area contributed by atoms with Gasteiger partial charge in [0, 0.05) is 42.8 Å². The molecule has 36 heavy (non-hydrogen) atoms. The Hall–Kier alpha value is -3.08. The molecule has 5 rings (SSSR count). The topological polar surface area (TPSA) is 39.3 Å². The van der Waals surface area contributed by atoms with Gasteiger partial charge in [-0.2, -0.15) is 0 Å². The summed E-state index contributed by atoms with van der Waals surface area (Å²) in [5.74, 6) is 0.00113. The number of rotatable bonds is 4. The van der Waals surface area contributed by atoms with Crippen LogP contribution in [0.2, 0.25) is 5.02 Å². The number of fused-ring (bicyclic) bond motifs is 1. The molecule has 190 valence electrons. The van der Waals surface area contributed by atoms with Crippen LogP contribution in [0.1, 0.15) is 62.1 Å². The van der Waals surface area contributed by atoms with Gasteiger partial charge in [0.1, 0.15) is 0 Å². The van der Waals surface area contributed by atoms with Gasteiger partial charge >= 0.3 is 0 Å². The number of hydrogen-bond acceptors (Lipinski definition) is 2. The lowest BCUT2D eigenvalue weighted by molar-refractivity contribution is 0.0428. The highest BCUT2D eigenvalue weighted by molar-refractivity contribution is 6.34. The number of nitrogens with one attached hydrogen (secondary N) is 1. The van der Waals surface area contributed by atoms with Crippen LogP contribution in [-0.2, 0) is 0 Å². The zero-order valence-corrected chi connectivity index (χ0v) is 22.8. The predicted molar refractivity (Wildman–Crippen MR) is 153 cm³/mol. The van der Waals surface area contributed by atoms with E-state index in [2.05, 4.69) is 77.5 Å². The highest BCUT2D eigenvalue weighted by Crippen LogP contribution is 2.32. The monoisotopic (exact) mass is 503 g/mol. The van der Waals surface area contributed by atoms with E-state index < -0.39 is 0 Å². The first-order valence-electron chi connectivity index (χ1n) is 13.0. The molecule has 4 aromatic rings. The maximum Gasteiger partial charge on any atom is 0.255 e. The number of amides is 1. The minimum atomic E-state index is 0.00113. The van der Waals surface area contributed by atoms with Crippen molar-refractivity contribution in [1.29, 1.82) is 0 Å². The number of hydrogen-bond donors (Lipinski definition) is 1. The smallest absolute Gasteiger partial charge is 0.255 e. The fourth-order valence-electron chi connectivity index (χ4n) is 4.80. The largest absolute Gasteiger partial charge is 0.361 e. The number of carbonyl (C=O) groups excluding carboxylic acids is 1. The molecule has 0 bridgehead atoms. The molecule has 4 nitrogen and oxygen atoms in total. The Morgan fingerprint density at radius 3 is 2.03 bits per heavy atom. The van der Waals surface area contributed by atoms with Gasteiger partial charge in [-0.15, -0.1) is 0 Å². The summed E-state index contributed by atoms with van der Waals surface area (Å²) in [4.78, 5) is 21.0. The Balaban J connectivity index is 0.000000861. The number of carbonyl (C=O) groups is 1. The van der Waals surface area contributed by atoms with E-state index >= 15 is 0 Å². The first-order chi connectivity index (χ1) is 17.6. The second kappa shape index (κ2) is 13.3. The molecule has 0 saturated carbocycles. The molecule has 5 heteroatoms. The molecule has 0 aliphatic carbocycles. The van der Waals surface area contributed by atoms with Crippen molar-refractivity contribution in [2.45, 2.75) is 46.7 Å². The zero-order chi connectivity index (χ0) is 26.1. The molecule has 1 N–H and O–H groups in total. The molecule has 1 amide bonds. The first kappa shape index (κ1) is 27.5. The van der Waals surface area contributed by atoms with E-state index in [1.54, 1.807) is 0 Å². The third-order valence-corrected chi connectivity index (χ3v) is 6.70. The third-order valence-electron chi connectivity index (χ3n) is 6.39. The van der Waals surface area contributed by atoms with E-state index in [0.29, 0.717) is 17.1 Å². The van der Waals surface area contributed by atoms with Crippen molar-refractivity contribution < 1.29 is 4.79 Å². The van der Waals surface area contributed by atoms with E-state index in [0.717, 1.165) is 24.0 Å². The molecule has 1 aromatic heterocycles. The van der Waals surface area contributed by atoms with Crippen LogP contribution < -0.4 is 0 Å². The summed E-state index contributed by atoms with van der Waals surface area (Å²) in [6.45, 7) is 12.4. The van der Waals surface area contributed by atoms with Gasteiger partial charge in [0.15, 0.2) is 0 Å². The Kier molecular flexibility index (Phi) is 10.2. The summed E-state index contributed by atoms with van der Waals surface area (Å²) < 4.78 is 0. The van der Waals surface area contributed by atoms with Gasteiger partial charge < -0.3 is 9.88 Å². The van der Waals surface area contributed by atoms with Gasteiger partial charge in [-0.3, -0.25) is 9.69 Å². The summed E-state index contributed by atoms with van der Waals surface area (Å²) in [5, 5.41) is 1.49. The van der Waals surface area contributed by atoms with Gasteiger partial charge in [-0.05, 0) is 36.2 Å². The molecule has 1 saturated heterocycles. The highest BCUT2D eigenvalue weighted by Gasteiger charge is 2.33. The quantitative estimate of drug-likeness (QED) is 0.308. The van der Waals surface area contributed by atoms with Crippen molar-refractivity contribution >= 4 is 28.4 Å². The van der Waals surface area contributed by atoms with Crippen molar-refractivity contribution in [2.24, 2.45) is 0 Å². The molecule has 1 unspecified atom stereocenters. The van der Waals surface area contributed by atoms with Crippen LogP contribution in [0, 0.1) is 0 Å². The maximum atomic E-state index is 13.4. The lowest BCUT2D eigenvalue weighted by Gasteiger charge is -2.43. The fourth-order valence-corrected chi connectivity index (χ4v) is 5.04. The van der Waals surface area contributed by atoms with E-state index in [9.17, 15) is 4.79 Å². The van der Waals surface area contributed by atoms with Crippen LogP contribution in [0.4, 0.5) is 0 Å². The molecule has 1 aliphatic rings. The first-order valence-corrected chi connectivity index (χ1v) is 13.4. The molecule has 0 radical (unpaired) electrons.